The molecule has 0 aromatic carbocycles. The molecular weight excluding hydrogens is 256 g/mol. The van der Waals surface area contributed by atoms with Crippen LogP contribution in [0.5, 0.6) is 0 Å². The monoisotopic (exact) mass is 296 g/mol. The third-order valence-corrected chi connectivity index (χ3v) is 4.72. The lowest BCUT2D eigenvalue weighted by Gasteiger charge is -2.43. The lowest BCUT2D eigenvalue weighted by molar-refractivity contribution is 0.0906. The predicted octanol–water partition coefficient (Wildman–Crippen LogP) is 4.40. The van der Waals surface area contributed by atoms with E-state index in [0.717, 1.165) is 30.3 Å². The highest BCUT2D eigenvalue weighted by Gasteiger charge is 2.35. The molecule has 0 saturated heterocycles. The Morgan fingerprint density at radius 2 is 1.67 bits per heavy atom. The van der Waals surface area contributed by atoms with Gasteiger partial charge in [0.05, 0.1) is 0 Å². The van der Waals surface area contributed by atoms with Gasteiger partial charge in [0.1, 0.15) is 0 Å². The van der Waals surface area contributed by atoms with Crippen LogP contribution in [0.3, 0.4) is 0 Å². The van der Waals surface area contributed by atoms with Gasteiger partial charge in [-0.2, -0.15) is 0 Å². The van der Waals surface area contributed by atoms with Crippen LogP contribution in [-0.4, -0.2) is 37.1 Å². The van der Waals surface area contributed by atoms with Crippen LogP contribution >= 0.6 is 0 Å². The lowest BCUT2D eigenvalue weighted by atomic mass is 9.69. The average Bonchev–Trinajstić information content (AvgIpc) is 2.30. The zero-order valence-corrected chi connectivity index (χ0v) is 15.7. The third-order valence-electron chi connectivity index (χ3n) is 4.72. The fourth-order valence-electron chi connectivity index (χ4n) is 4.05. The first-order chi connectivity index (χ1) is 9.73. The molecule has 0 aromatic rings. The van der Waals surface area contributed by atoms with Crippen molar-refractivity contribution in [2.45, 2.75) is 73.8 Å². The third kappa shape index (κ3) is 7.15. The van der Waals surface area contributed by atoms with Crippen molar-refractivity contribution in [2.24, 2.45) is 23.2 Å². The van der Waals surface area contributed by atoms with E-state index in [1.165, 1.54) is 38.9 Å². The van der Waals surface area contributed by atoms with Crippen LogP contribution in [0.25, 0.3) is 0 Å². The van der Waals surface area contributed by atoms with Crippen molar-refractivity contribution in [3.05, 3.63) is 0 Å². The Bertz CT molecular complexity index is 273. The topological polar surface area (TPSA) is 15.3 Å². The van der Waals surface area contributed by atoms with Crippen LogP contribution in [-0.2, 0) is 0 Å². The van der Waals surface area contributed by atoms with Gasteiger partial charge in [0.2, 0.25) is 0 Å². The van der Waals surface area contributed by atoms with Crippen molar-refractivity contribution in [2.75, 3.05) is 26.2 Å². The second kappa shape index (κ2) is 8.53. The fourth-order valence-corrected chi connectivity index (χ4v) is 4.05. The van der Waals surface area contributed by atoms with Crippen molar-refractivity contribution < 1.29 is 0 Å². The van der Waals surface area contributed by atoms with E-state index in [0.29, 0.717) is 5.41 Å². The summed E-state index contributed by atoms with van der Waals surface area (Å²) in [5.74, 6) is 2.34. The van der Waals surface area contributed by atoms with E-state index in [1.807, 2.05) is 0 Å². The molecule has 0 aliphatic heterocycles. The maximum absolute atomic E-state index is 3.76. The van der Waals surface area contributed by atoms with Crippen LogP contribution in [0.15, 0.2) is 0 Å². The van der Waals surface area contributed by atoms with Crippen molar-refractivity contribution in [3.63, 3.8) is 0 Å². The molecule has 1 aliphatic rings. The maximum Gasteiger partial charge on any atom is 0.0108 e. The molecule has 126 valence electrons. The Hall–Kier alpha value is -0.0800. The number of rotatable bonds is 8. The summed E-state index contributed by atoms with van der Waals surface area (Å²) < 4.78 is 0. The van der Waals surface area contributed by atoms with Crippen LogP contribution in [0.2, 0.25) is 0 Å². The molecule has 0 radical (unpaired) electrons. The van der Waals surface area contributed by atoms with E-state index >= 15 is 0 Å². The summed E-state index contributed by atoms with van der Waals surface area (Å²) in [6.07, 6.45) is 4.09. The van der Waals surface area contributed by atoms with Crippen molar-refractivity contribution in [1.29, 1.82) is 0 Å². The molecule has 1 N–H and O–H groups in total. The summed E-state index contributed by atoms with van der Waals surface area (Å²) in [4.78, 5) is 2.73. The molecule has 2 unspecified atom stereocenters. The Balaban J connectivity index is 2.70. The largest absolute Gasteiger partial charge is 0.314 e. The molecule has 2 heteroatoms. The minimum absolute atomic E-state index is 0.526. The molecule has 0 spiro atoms. The van der Waals surface area contributed by atoms with E-state index in [2.05, 4.69) is 58.7 Å². The molecule has 0 amide bonds. The first kappa shape index (κ1) is 19.0. The number of nitrogens with zero attached hydrogens (tertiary/aromatic N) is 1. The summed E-state index contributed by atoms with van der Waals surface area (Å²) >= 11 is 0. The van der Waals surface area contributed by atoms with Gasteiger partial charge in [-0.3, -0.25) is 0 Å². The smallest absolute Gasteiger partial charge is 0.0108 e. The highest BCUT2D eigenvalue weighted by atomic mass is 15.1. The predicted molar refractivity (Wildman–Crippen MR) is 94.7 cm³/mol. The second-order valence-corrected chi connectivity index (χ2v) is 8.84. The zero-order valence-electron chi connectivity index (χ0n) is 15.7. The van der Waals surface area contributed by atoms with E-state index < -0.39 is 0 Å². The molecule has 2 atom stereocenters. The normalized spacial score (nSPS) is 26.0. The fraction of sp³-hybridized carbons (Fsp3) is 1.00. The summed E-state index contributed by atoms with van der Waals surface area (Å²) in [6, 6.07) is 0.727. The summed E-state index contributed by atoms with van der Waals surface area (Å²) in [6.45, 7) is 21.4. The minimum Gasteiger partial charge on any atom is -0.314 e. The molecule has 0 bridgehead atoms. The van der Waals surface area contributed by atoms with Crippen LogP contribution in [0, 0.1) is 23.2 Å². The van der Waals surface area contributed by atoms with Crippen molar-refractivity contribution in [3.8, 4) is 0 Å². The van der Waals surface area contributed by atoms with Gasteiger partial charge in [-0.15, -0.1) is 0 Å². The summed E-state index contributed by atoms with van der Waals surface area (Å²) in [5.41, 5.74) is 0.526. The van der Waals surface area contributed by atoms with Gasteiger partial charge in [0.25, 0.3) is 0 Å². The summed E-state index contributed by atoms with van der Waals surface area (Å²) in [7, 11) is 0. The SMILES string of the molecule is CCNC1CCC(C)(C)CC1CN(CC(C)C)CC(C)C. The lowest BCUT2D eigenvalue weighted by Crippen LogP contribution is -2.48. The van der Waals surface area contributed by atoms with E-state index in [4.69, 9.17) is 0 Å². The highest BCUT2D eigenvalue weighted by molar-refractivity contribution is 4.90. The number of hydrogen-bond donors (Lipinski definition) is 1. The van der Waals surface area contributed by atoms with Crippen molar-refractivity contribution >= 4 is 0 Å². The van der Waals surface area contributed by atoms with Crippen LogP contribution in [0.4, 0.5) is 0 Å². The van der Waals surface area contributed by atoms with Gasteiger partial charge >= 0.3 is 0 Å². The van der Waals surface area contributed by atoms with Crippen molar-refractivity contribution in [1.82, 2.24) is 10.2 Å². The Labute approximate surface area is 134 Å². The summed E-state index contributed by atoms with van der Waals surface area (Å²) in [5, 5.41) is 3.76. The Morgan fingerprint density at radius 3 is 2.14 bits per heavy atom. The van der Waals surface area contributed by atoms with Gasteiger partial charge in [-0.25, -0.2) is 0 Å². The molecule has 21 heavy (non-hydrogen) atoms. The molecule has 1 fully saturated rings. The van der Waals surface area contributed by atoms with Crippen LogP contribution in [0.1, 0.15) is 67.7 Å². The molecule has 1 rings (SSSR count). The van der Waals surface area contributed by atoms with Gasteiger partial charge in [-0.1, -0.05) is 48.5 Å². The maximum atomic E-state index is 3.76. The van der Waals surface area contributed by atoms with Gasteiger partial charge in [0.15, 0.2) is 0 Å². The molecule has 2 nitrogen and oxygen atoms in total. The zero-order chi connectivity index (χ0) is 16.0. The molecule has 1 aliphatic carbocycles. The molecule has 0 aromatic heterocycles. The molecular formula is C19H40N2. The first-order valence-corrected chi connectivity index (χ1v) is 9.19. The van der Waals surface area contributed by atoms with Gasteiger partial charge in [0, 0.05) is 25.7 Å². The van der Waals surface area contributed by atoms with Gasteiger partial charge < -0.3 is 10.2 Å². The minimum atomic E-state index is 0.526. The van der Waals surface area contributed by atoms with Crippen LogP contribution < -0.4 is 5.32 Å². The molecule has 0 heterocycles. The Morgan fingerprint density at radius 1 is 1.10 bits per heavy atom. The number of nitrogens with one attached hydrogen (secondary N) is 1. The van der Waals surface area contributed by atoms with E-state index in [-0.39, 0.29) is 0 Å². The standard InChI is InChI=1S/C19H40N2/c1-8-20-18-9-10-19(6,7)11-17(18)14-21(12-15(2)3)13-16(4)5/h15-18,20H,8-14H2,1-7H3. The Kier molecular flexibility index (Phi) is 7.70. The van der Waals surface area contributed by atoms with E-state index in [9.17, 15) is 0 Å². The highest BCUT2D eigenvalue weighted by Crippen LogP contribution is 2.39. The first-order valence-electron chi connectivity index (χ1n) is 9.19. The average molecular weight is 297 g/mol. The second-order valence-electron chi connectivity index (χ2n) is 8.84. The van der Waals surface area contributed by atoms with E-state index in [1.54, 1.807) is 0 Å². The van der Waals surface area contributed by atoms with Gasteiger partial charge in [-0.05, 0) is 49.0 Å². The quantitative estimate of drug-likeness (QED) is 0.714. The number of hydrogen-bond acceptors (Lipinski definition) is 2. The molecule has 1 saturated carbocycles.